The van der Waals surface area contributed by atoms with Gasteiger partial charge in [-0.1, -0.05) is 27.7 Å². The summed E-state index contributed by atoms with van der Waals surface area (Å²) >= 11 is 0. The van der Waals surface area contributed by atoms with Crippen molar-refractivity contribution in [2.75, 3.05) is 0 Å². The molecule has 82 valence electrons. The molecule has 1 aliphatic rings. The Morgan fingerprint density at radius 3 is 2.00 bits per heavy atom. The van der Waals surface area contributed by atoms with Gasteiger partial charge < -0.3 is 0 Å². The van der Waals surface area contributed by atoms with Crippen molar-refractivity contribution >= 4 is 5.84 Å². The summed E-state index contributed by atoms with van der Waals surface area (Å²) < 4.78 is 0. The van der Waals surface area contributed by atoms with Crippen LogP contribution >= 0.6 is 0 Å². The molecule has 0 amide bonds. The van der Waals surface area contributed by atoms with Gasteiger partial charge in [-0.15, -0.1) is 0 Å². The van der Waals surface area contributed by atoms with Gasteiger partial charge in [-0.2, -0.15) is 0 Å². The van der Waals surface area contributed by atoms with E-state index in [1.807, 2.05) is 0 Å². The summed E-state index contributed by atoms with van der Waals surface area (Å²) in [6.45, 7) is 13.2. The average Bonchev–Trinajstić information content (AvgIpc) is 2.47. The first kappa shape index (κ1) is 11.5. The first-order chi connectivity index (χ1) is 6.43. The van der Waals surface area contributed by atoms with Crippen molar-refractivity contribution in [1.29, 1.82) is 0 Å². The number of aliphatic imine (C=N–C) groups is 1. The molecule has 0 aromatic rings. The molecule has 3 nitrogen and oxygen atoms in total. The number of nitrogens with zero attached hydrogens (tertiary/aromatic N) is 2. The van der Waals surface area contributed by atoms with E-state index in [0.29, 0.717) is 17.9 Å². The van der Waals surface area contributed by atoms with E-state index in [1.165, 1.54) is 5.84 Å². The van der Waals surface area contributed by atoms with Crippen LogP contribution in [-0.4, -0.2) is 23.1 Å². The maximum absolute atomic E-state index is 4.72. The molecule has 0 aromatic carbocycles. The summed E-state index contributed by atoms with van der Waals surface area (Å²) in [6.07, 6.45) is 0.259. The van der Waals surface area contributed by atoms with Gasteiger partial charge >= 0.3 is 0 Å². The Morgan fingerprint density at radius 1 is 1.14 bits per heavy atom. The first-order valence-electron chi connectivity index (χ1n) is 5.56. The molecular formula is C11H23N3. The largest absolute Gasteiger partial charge is 0.291 e. The molecule has 14 heavy (non-hydrogen) atoms. The molecule has 0 fully saturated rings. The number of hydrogen-bond donors (Lipinski definition) is 1. The second-order valence-electron chi connectivity index (χ2n) is 4.92. The fourth-order valence-corrected chi connectivity index (χ4v) is 1.58. The maximum Gasteiger partial charge on any atom is 0.121 e. The molecule has 1 unspecified atom stereocenters. The Hall–Kier alpha value is -0.570. The third-order valence-electron chi connectivity index (χ3n) is 2.45. The van der Waals surface area contributed by atoms with E-state index >= 15 is 0 Å². The number of nitrogens with one attached hydrogen (secondary N) is 1. The highest BCUT2D eigenvalue weighted by atomic mass is 15.6. The Bertz CT molecular complexity index is 219. The molecule has 0 saturated carbocycles. The van der Waals surface area contributed by atoms with Crippen LogP contribution in [0.25, 0.3) is 0 Å². The molecule has 3 heteroatoms. The first-order valence-corrected chi connectivity index (χ1v) is 5.56. The molecule has 1 rings (SSSR count). The quantitative estimate of drug-likeness (QED) is 0.751. The van der Waals surface area contributed by atoms with E-state index < -0.39 is 0 Å². The second kappa shape index (κ2) is 4.30. The van der Waals surface area contributed by atoms with Gasteiger partial charge in [0.1, 0.15) is 12.0 Å². The van der Waals surface area contributed by atoms with Gasteiger partial charge in [0.15, 0.2) is 0 Å². The van der Waals surface area contributed by atoms with Gasteiger partial charge in [0.05, 0.1) is 0 Å². The fourth-order valence-electron chi connectivity index (χ4n) is 1.58. The van der Waals surface area contributed by atoms with E-state index in [0.717, 1.165) is 0 Å². The van der Waals surface area contributed by atoms with Crippen molar-refractivity contribution in [3.8, 4) is 0 Å². The van der Waals surface area contributed by atoms with Crippen LogP contribution in [-0.2, 0) is 0 Å². The van der Waals surface area contributed by atoms with Crippen LogP contribution in [0.15, 0.2) is 4.99 Å². The number of amidine groups is 1. The molecule has 0 aliphatic carbocycles. The van der Waals surface area contributed by atoms with Crippen LogP contribution in [0, 0.1) is 11.8 Å². The van der Waals surface area contributed by atoms with E-state index in [1.54, 1.807) is 0 Å². The summed E-state index contributed by atoms with van der Waals surface area (Å²) in [5, 5.41) is 2.20. The van der Waals surface area contributed by atoms with Crippen LogP contribution in [0.2, 0.25) is 0 Å². The lowest BCUT2D eigenvalue weighted by Crippen LogP contribution is -2.47. The molecule has 0 saturated heterocycles. The van der Waals surface area contributed by atoms with Crippen molar-refractivity contribution in [1.82, 2.24) is 10.4 Å². The minimum Gasteiger partial charge on any atom is -0.291 e. The Morgan fingerprint density at radius 2 is 1.71 bits per heavy atom. The zero-order chi connectivity index (χ0) is 10.9. The van der Waals surface area contributed by atoms with E-state index in [9.17, 15) is 0 Å². The summed E-state index contributed by atoms with van der Waals surface area (Å²) in [7, 11) is 0. The van der Waals surface area contributed by atoms with Crippen molar-refractivity contribution < 1.29 is 0 Å². The lowest BCUT2D eigenvalue weighted by molar-refractivity contribution is 0.219. The minimum atomic E-state index is 0.259. The van der Waals surface area contributed by atoms with Crippen molar-refractivity contribution in [2.45, 2.75) is 53.8 Å². The number of hydrogen-bond acceptors (Lipinski definition) is 3. The van der Waals surface area contributed by atoms with Crippen molar-refractivity contribution in [2.24, 2.45) is 16.8 Å². The smallest absolute Gasteiger partial charge is 0.121 e. The average molecular weight is 197 g/mol. The third kappa shape index (κ3) is 2.27. The molecule has 1 atom stereocenters. The van der Waals surface area contributed by atoms with Crippen molar-refractivity contribution in [3.05, 3.63) is 0 Å². The number of rotatable bonds is 3. The van der Waals surface area contributed by atoms with Crippen molar-refractivity contribution in [3.63, 3.8) is 0 Å². The highest BCUT2D eigenvalue weighted by Gasteiger charge is 2.29. The summed E-state index contributed by atoms with van der Waals surface area (Å²) in [5.41, 5.74) is 3.45. The van der Waals surface area contributed by atoms with E-state index in [4.69, 9.17) is 4.99 Å². The van der Waals surface area contributed by atoms with Crippen LogP contribution in [0.3, 0.4) is 0 Å². The van der Waals surface area contributed by atoms with Crippen LogP contribution < -0.4 is 5.43 Å². The Kier molecular flexibility index (Phi) is 3.53. The normalized spacial score (nSPS) is 22.8. The maximum atomic E-state index is 4.72. The third-order valence-corrected chi connectivity index (χ3v) is 2.45. The molecule has 1 heterocycles. The minimum absolute atomic E-state index is 0.259. The summed E-state index contributed by atoms with van der Waals surface area (Å²) in [6, 6.07) is 0.472. The Labute approximate surface area is 87.6 Å². The van der Waals surface area contributed by atoms with Crippen LogP contribution in [0.4, 0.5) is 0 Å². The zero-order valence-electron chi connectivity index (χ0n) is 10.2. The van der Waals surface area contributed by atoms with E-state index in [-0.39, 0.29) is 6.17 Å². The zero-order valence-corrected chi connectivity index (χ0v) is 10.2. The molecule has 0 aromatic heterocycles. The lowest BCUT2D eigenvalue weighted by Gasteiger charge is -2.27. The lowest BCUT2D eigenvalue weighted by atomic mass is 10.1. The van der Waals surface area contributed by atoms with Gasteiger partial charge in [0.2, 0.25) is 0 Å². The molecule has 1 N–H and O–H groups in total. The van der Waals surface area contributed by atoms with E-state index in [2.05, 4.69) is 52.0 Å². The summed E-state index contributed by atoms with van der Waals surface area (Å²) in [5.74, 6) is 2.24. The van der Waals surface area contributed by atoms with Gasteiger partial charge in [-0.25, -0.2) is 5.43 Å². The van der Waals surface area contributed by atoms with Gasteiger partial charge in [0, 0.05) is 12.0 Å². The predicted molar refractivity (Wildman–Crippen MR) is 61.0 cm³/mol. The topological polar surface area (TPSA) is 27.6 Å². The number of hydrazine groups is 1. The molecule has 0 radical (unpaired) electrons. The second-order valence-corrected chi connectivity index (χ2v) is 4.92. The monoisotopic (exact) mass is 197 g/mol. The Balaban J connectivity index is 2.79. The highest BCUT2D eigenvalue weighted by Crippen LogP contribution is 2.17. The highest BCUT2D eigenvalue weighted by molar-refractivity contribution is 5.85. The van der Waals surface area contributed by atoms with Gasteiger partial charge in [-0.05, 0) is 19.8 Å². The molecular weight excluding hydrogens is 174 g/mol. The van der Waals surface area contributed by atoms with Crippen LogP contribution in [0.5, 0.6) is 0 Å². The van der Waals surface area contributed by atoms with Gasteiger partial charge in [-0.3, -0.25) is 10.0 Å². The molecule has 1 aliphatic heterocycles. The van der Waals surface area contributed by atoms with Crippen LogP contribution in [0.1, 0.15) is 41.5 Å². The fraction of sp³-hybridized carbons (Fsp3) is 0.909. The standard InChI is InChI=1S/C11H23N3/c1-7(2)10-12-11(8(3)4)14(13-10)9(5)6/h7-10,13H,1-6H3. The molecule has 0 bridgehead atoms. The molecule has 0 spiro atoms. The SMILES string of the molecule is CC(C)C1=NC(C(C)C)NN1C(C)C. The predicted octanol–water partition coefficient (Wildman–Crippen LogP) is 2.25. The van der Waals surface area contributed by atoms with Gasteiger partial charge in [0.25, 0.3) is 0 Å². The summed E-state index contributed by atoms with van der Waals surface area (Å²) in [4.78, 5) is 4.72.